The third kappa shape index (κ3) is 4.19. The Balaban J connectivity index is 1.80. The average Bonchev–Trinajstić information content (AvgIpc) is 3.17. The molecule has 1 amide bonds. The van der Waals surface area contributed by atoms with E-state index in [0.29, 0.717) is 23.8 Å². The Labute approximate surface area is 180 Å². The van der Waals surface area contributed by atoms with Gasteiger partial charge in [0.25, 0.3) is 5.91 Å². The Morgan fingerprint density at radius 2 is 1.90 bits per heavy atom. The lowest BCUT2D eigenvalue weighted by Gasteiger charge is -2.20. The van der Waals surface area contributed by atoms with Crippen molar-refractivity contribution < 1.29 is 9.53 Å². The Morgan fingerprint density at radius 1 is 1.10 bits per heavy atom. The maximum atomic E-state index is 13.6. The predicted molar refractivity (Wildman–Crippen MR) is 121 cm³/mol. The zero-order valence-electron chi connectivity index (χ0n) is 17.3. The fraction of sp³-hybridized carbons (Fsp3) is 0.208. The molecule has 0 unspecified atom stereocenters. The van der Waals surface area contributed by atoms with Gasteiger partial charge in [-0.2, -0.15) is 0 Å². The molecular weight excluding hydrogens is 394 g/mol. The number of anilines is 1. The van der Waals surface area contributed by atoms with Gasteiger partial charge in [0, 0.05) is 18.0 Å². The molecule has 0 saturated heterocycles. The van der Waals surface area contributed by atoms with Gasteiger partial charge in [0.2, 0.25) is 0 Å². The van der Waals surface area contributed by atoms with E-state index < -0.39 is 0 Å². The highest BCUT2D eigenvalue weighted by Gasteiger charge is 2.23. The minimum Gasteiger partial charge on any atom is -0.492 e. The second kappa shape index (κ2) is 8.63. The summed E-state index contributed by atoms with van der Waals surface area (Å²) in [5.41, 5.74) is 4.49. The van der Waals surface area contributed by atoms with Crippen LogP contribution < -0.4 is 9.64 Å². The minimum absolute atomic E-state index is 0.0809. The smallest absolute Gasteiger partial charge is 0.260 e. The second-order valence-corrected chi connectivity index (χ2v) is 8.17. The van der Waals surface area contributed by atoms with E-state index in [9.17, 15) is 4.79 Å². The van der Waals surface area contributed by atoms with Crippen LogP contribution in [0.5, 0.6) is 5.75 Å². The molecule has 0 saturated carbocycles. The minimum atomic E-state index is -0.0809. The highest BCUT2D eigenvalue weighted by molar-refractivity contribution is 7.22. The Morgan fingerprint density at radius 3 is 2.60 bits per heavy atom. The van der Waals surface area contributed by atoms with Crippen LogP contribution in [0.2, 0.25) is 0 Å². The van der Waals surface area contributed by atoms with E-state index in [1.54, 1.807) is 17.3 Å². The Kier molecular flexibility index (Phi) is 5.77. The van der Waals surface area contributed by atoms with Crippen molar-refractivity contribution in [2.45, 2.75) is 27.3 Å². The molecule has 2 aromatic heterocycles. The second-order valence-electron chi connectivity index (χ2n) is 7.16. The molecule has 152 valence electrons. The topological polar surface area (TPSA) is 55.3 Å². The summed E-state index contributed by atoms with van der Waals surface area (Å²) < 4.78 is 6.72. The molecule has 0 spiro atoms. The molecule has 0 fully saturated rings. The molecular formula is C24H23N3O2S. The number of rotatable bonds is 6. The summed E-state index contributed by atoms with van der Waals surface area (Å²) in [6, 6.07) is 15.6. The lowest BCUT2D eigenvalue weighted by atomic mass is 10.1. The number of amides is 1. The van der Waals surface area contributed by atoms with E-state index in [-0.39, 0.29) is 5.91 Å². The van der Waals surface area contributed by atoms with Crippen molar-refractivity contribution >= 4 is 32.6 Å². The van der Waals surface area contributed by atoms with E-state index in [1.165, 1.54) is 11.3 Å². The van der Waals surface area contributed by atoms with Crippen molar-refractivity contribution in [2.75, 3.05) is 11.5 Å². The number of nitrogens with zero attached hydrogens (tertiary/aromatic N) is 3. The van der Waals surface area contributed by atoms with Crippen LogP contribution in [0.15, 0.2) is 60.9 Å². The number of benzene rings is 2. The standard InChI is InChI=1S/C24H23N3O2S/c1-4-29-20-8-5-9-21-22(20)26-24(30-21)27(15-18-7-6-10-25-14-18)23(28)19-12-16(2)11-17(3)13-19/h5-14H,4,15H2,1-3H3. The highest BCUT2D eigenvalue weighted by Crippen LogP contribution is 2.35. The van der Waals surface area contributed by atoms with Gasteiger partial charge >= 0.3 is 0 Å². The number of pyridine rings is 1. The summed E-state index contributed by atoms with van der Waals surface area (Å²) in [6.07, 6.45) is 3.51. The van der Waals surface area contributed by atoms with Crippen LogP contribution in [0.1, 0.15) is 34.0 Å². The fourth-order valence-electron chi connectivity index (χ4n) is 3.45. The molecule has 0 aliphatic rings. The molecule has 0 N–H and O–H groups in total. The molecule has 2 aromatic carbocycles. The van der Waals surface area contributed by atoms with Gasteiger partial charge in [-0.25, -0.2) is 4.98 Å². The molecule has 0 aliphatic carbocycles. The van der Waals surface area contributed by atoms with Gasteiger partial charge in [0.05, 0.1) is 17.9 Å². The number of carbonyl (C=O) groups is 1. The third-order valence-corrected chi connectivity index (χ3v) is 5.72. The maximum absolute atomic E-state index is 13.6. The average molecular weight is 418 g/mol. The van der Waals surface area contributed by atoms with Crippen LogP contribution in [-0.2, 0) is 6.54 Å². The molecule has 0 atom stereocenters. The number of carbonyl (C=O) groups excluding carboxylic acids is 1. The molecule has 4 aromatic rings. The van der Waals surface area contributed by atoms with E-state index in [0.717, 1.165) is 32.7 Å². The van der Waals surface area contributed by atoms with E-state index >= 15 is 0 Å². The first-order valence-electron chi connectivity index (χ1n) is 9.86. The van der Waals surface area contributed by atoms with Crippen LogP contribution in [0, 0.1) is 13.8 Å². The van der Waals surface area contributed by atoms with Crippen LogP contribution in [0.3, 0.4) is 0 Å². The van der Waals surface area contributed by atoms with Crippen molar-refractivity contribution in [1.29, 1.82) is 0 Å². The molecule has 2 heterocycles. The lowest BCUT2D eigenvalue weighted by molar-refractivity contribution is 0.0985. The summed E-state index contributed by atoms with van der Waals surface area (Å²) >= 11 is 1.49. The van der Waals surface area contributed by atoms with Gasteiger partial charge in [0.1, 0.15) is 11.3 Å². The van der Waals surface area contributed by atoms with E-state index in [2.05, 4.69) is 11.1 Å². The molecule has 0 aliphatic heterocycles. The predicted octanol–water partition coefficient (Wildman–Crippen LogP) is 5.55. The number of para-hydroxylation sites is 1. The van der Waals surface area contributed by atoms with Crippen LogP contribution in [0.4, 0.5) is 5.13 Å². The van der Waals surface area contributed by atoms with Gasteiger partial charge in [0.15, 0.2) is 5.13 Å². The van der Waals surface area contributed by atoms with Crippen molar-refractivity contribution in [3.63, 3.8) is 0 Å². The SMILES string of the molecule is CCOc1cccc2sc(N(Cc3cccnc3)C(=O)c3cc(C)cc(C)c3)nc12. The first-order chi connectivity index (χ1) is 14.5. The zero-order valence-corrected chi connectivity index (χ0v) is 18.1. The summed E-state index contributed by atoms with van der Waals surface area (Å²) in [5.74, 6) is 0.653. The molecule has 6 heteroatoms. The van der Waals surface area contributed by atoms with Gasteiger partial charge in [-0.05, 0) is 56.7 Å². The summed E-state index contributed by atoms with van der Waals surface area (Å²) in [5, 5.41) is 0.644. The molecule has 5 nitrogen and oxygen atoms in total. The first-order valence-corrected chi connectivity index (χ1v) is 10.7. The van der Waals surface area contributed by atoms with Gasteiger partial charge < -0.3 is 4.74 Å². The Hall–Kier alpha value is -3.25. The normalized spacial score (nSPS) is 10.9. The number of thiazole rings is 1. The van der Waals surface area contributed by atoms with Gasteiger partial charge in [-0.15, -0.1) is 0 Å². The molecule has 4 rings (SSSR count). The van der Waals surface area contributed by atoms with Gasteiger partial charge in [-0.3, -0.25) is 14.7 Å². The zero-order chi connectivity index (χ0) is 21.1. The number of aryl methyl sites for hydroxylation is 2. The molecule has 0 bridgehead atoms. The summed E-state index contributed by atoms with van der Waals surface area (Å²) in [7, 11) is 0. The largest absolute Gasteiger partial charge is 0.492 e. The Bertz CT molecular complexity index is 1170. The van der Waals surface area contributed by atoms with Crippen molar-refractivity contribution in [3.8, 4) is 5.75 Å². The third-order valence-electron chi connectivity index (χ3n) is 4.68. The monoisotopic (exact) mass is 417 g/mol. The van der Waals surface area contributed by atoms with Crippen LogP contribution >= 0.6 is 11.3 Å². The van der Waals surface area contributed by atoms with E-state index in [4.69, 9.17) is 9.72 Å². The fourth-order valence-corrected chi connectivity index (χ4v) is 4.43. The van der Waals surface area contributed by atoms with Crippen LogP contribution in [0.25, 0.3) is 10.2 Å². The highest BCUT2D eigenvalue weighted by atomic mass is 32.1. The number of hydrogen-bond acceptors (Lipinski definition) is 5. The van der Waals surface area contributed by atoms with Crippen molar-refractivity contribution in [3.05, 3.63) is 83.2 Å². The first kappa shape index (κ1) is 20.0. The van der Waals surface area contributed by atoms with Crippen molar-refractivity contribution in [1.82, 2.24) is 9.97 Å². The van der Waals surface area contributed by atoms with Gasteiger partial charge in [-0.1, -0.05) is 40.7 Å². The number of hydrogen-bond donors (Lipinski definition) is 0. The lowest BCUT2D eigenvalue weighted by Crippen LogP contribution is -2.30. The number of ether oxygens (including phenoxy) is 1. The number of fused-ring (bicyclic) bond motifs is 1. The molecule has 30 heavy (non-hydrogen) atoms. The maximum Gasteiger partial charge on any atom is 0.260 e. The van der Waals surface area contributed by atoms with E-state index in [1.807, 2.05) is 63.2 Å². The molecule has 0 radical (unpaired) electrons. The summed E-state index contributed by atoms with van der Waals surface area (Å²) in [4.78, 5) is 24.3. The van der Waals surface area contributed by atoms with Crippen LogP contribution in [-0.4, -0.2) is 22.5 Å². The number of aromatic nitrogens is 2. The summed E-state index contributed by atoms with van der Waals surface area (Å²) in [6.45, 7) is 6.91. The van der Waals surface area contributed by atoms with Crippen molar-refractivity contribution in [2.24, 2.45) is 0 Å². The quantitative estimate of drug-likeness (QED) is 0.412.